The molecular weight excluding hydrogens is 1050 g/mol. The number of nitrogens with one attached hydrogen (secondary N) is 9. The Labute approximate surface area is 444 Å². The average molecular weight is 1120 g/mol. The highest BCUT2D eigenvalue weighted by Crippen LogP contribution is 2.35. The summed E-state index contributed by atoms with van der Waals surface area (Å²) in [6.07, 6.45) is -14.7. The second-order valence-corrected chi connectivity index (χ2v) is 18.5. The SMILES string of the molecule is CC(=O)NC1C(OC2C3COC(O3)C(NC(C)=O)C2OC(C)C(=O)NC(C)C(=O)NC(CCC(=O)NC(CCCNC(=O)C(CO)NC(=O)C(N)CC(=O)O)C(=O)NC(C)C(=O)NCC(=O)O)C(N)=O)OC(CO)C(O)C1O. The van der Waals surface area contributed by atoms with Crippen LogP contribution in [0.1, 0.15) is 66.7 Å². The predicted octanol–water partition coefficient (Wildman–Crippen LogP) is -10.0. The van der Waals surface area contributed by atoms with Crippen molar-refractivity contribution in [1.29, 1.82) is 0 Å². The number of aliphatic carboxylic acids is 2. The monoisotopic (exact) mass is 1120 g/mol. The summed E-state index contributed by atoms with van der Waals surface area (Å²) in [5, 5.41) is 79.7. The Morgan fingerprint density at radius 2 is 1.28 bits per heavy atom. The summed E-state index contributed by atoms with van der Waals surface area (Å²) in [4.78, 5) is 150. The third-order valence-corrected chi connectivity index (χ3v) is 12.1. The standard InChI is InChI=1S/C44H71N11O23/c1-16(37(68)48-12-29(63)64)50-42(73)23(7-6-10-47-41(72)24(13-56)55-40(71)21(45)11-28(61)62)53-27(60)9-8-22(36(46)67)54-38(69)17(2)49-39(70)18(3)75-35-31(52-20(5)59)43-74-15-26(77-43)34(35)78-44-30(51-19(4)58)33(66)32(65)25(14-57)76-44/h16-18,21-26,30-35,43-44,56-57,65-66H,6-15,45H2,1-5H3,(H2,46,67)(H,47,72)(H,48,68)(H,49,70)(H,50,73)(H,51,58)(H,52,59)(H,53,60)(H,54,69)(H,55,71)(H,61,62)(H,63,64). The fourth-order valence-corrected chi connectivity index (χ4v) is 8.00. The van der Waals surface area contributed by atoms with E-state index < -0.39 is 214 Å². The number of hydrogen-bond acceptors (Lipinski definition) is 22. The molecule has 3 fully saturated rings. The molecule has 2 bridgehead atoms. The number of carbonyl (C=O) groups is 12. The molecule has 0 aromatic rings. The number of carboxylic acids is 2. The molecule has 3 rings (SSSR count). The van der Waals surface area contributed by atoms with Gasteiger partial charge in [0.05, 0.1) is 32.3 Å². The molecular formula is C44H71N11O23. The van der Waals surface area contributed by atoms with Crippen LogP contribution in [0, 0.1) is 0 Å². The van der Waals surface area contributed by atoms with E-state index in [0.717, 1.165) is 6.92 Å². The smallest absolute Gasteiger partial charge is 0.322 e. The van der Waals surface area contributed by atoms with Gasteiger partial charge in [-0.1, -0.05) is 0 Å². The maximum Gasteiger partial charge on any atom is 0.322 e. The van der Waals surface area contributed by atoms with Gasteiger partial charge in [0.15, 0.2) is 12.6 Å². The van der Waals surface area contributed by atoms with Crippen molar-refractivity contribution in [2.75, 3.05) is 32.9 Å². The number of nitrogens with two attached hydrogens (primary N) is 2. The highest BCUT2D eigenvalue weighted by molar-refractivity contribution is 5.94. The Morgan fingerprint density at radius 1 is 0.667 bits per heavy atom. The Kier molecular flexibility index (Phi) is 26.0. The van der Waals surface area contributed by atoms with Crippen LogP contribution in [0.4, 0.5) is 0 Å². The maximum atomic E-state index is 13.6. The van der Waals surface area contributed by atoms with Gasteiger partial charge < -0.3 is 114 Å². The van der Waals surface area contributed by atoms with Gasteiger partial charge in [0.1, 0.15) is 91.6 Å². The number of aliphatic hydroxyl groups excluding tert-OH is 4. The van der Waals surface area contributed by atoms with E-state index >= 15 is 0 Å². The van der Waals surface area contributed by atoms with Crippen LogP contribution >= 0.6 is 0 Å². The van der Waals surface area contributed by atoms with Crippen LogP contribution in [0.5, 0.6) is 0 Å². The maximum absolute atomic E-state index is 13.6. The summed E-state index contributed by atoms with van der Waals surface area (Å²) in [6, 6.07) is -11.5. The van der Waals surface area contributed by atoms with Crippen LogP contribution in [0.25, 0.3) is 0 Å². The first-order chi connectivity index (χ1) is 36.6. The fourth-order valence-electron chi connectivity index (χ4n) is 8.00. The second-order valence-electron chi connectivity index (χ2n) is 18.5. The topological polar surface area (TPSA) is 533 Å². The van der Waals surface area contributed by atoms with E-state index in [4.69, 9.17) is 45.4 Å². The minimum Gasteiger partial charge on any atom is -0.481 e. The molecule has 0 spiro atoms. The molecule has 0 aromatic heterocycles. The van der Waals surface area contributed by atoms with Crippen LogP contribution in [-0.4, -0.2) is 238 Å². The molecule has 78 heavy (non-hydrogen) atoms. The summed E-state index contributed by atoms with van der Waals surface area (Å²) in [5.74, 6) is -11.8. The number of carbonyl (C=O) groups excluding carboxylic acids is 10. The molecule has 34 heteroatoms. The highest BCUT2D eigenvalue weighted by atomic mass is 16.8. The van der Waals surface area contributed by atoms with Gasteiger partial charge in [-0.25, -0.2) is 0 Å². The van der Waals surface area contributed by atoms with Crippen molar-refractivity contribution >= 4 is 71.0 Å². The van der Waals surface area contributed by atoms with E-state index in [1.807, 2.05) is 0 Å². The van der Waals surface area contributed by atoms with Gasteiger partial charge in [0.25, 0.3) is 0 Å². The van der Waals surface area contributed by atoms with E-state index in [0.29, 0.717) is 0 Å². The Morgan fingerprint density at radius 3 is 1.87 bits per heavy atom. The van der Waals surface area contributed by atoms with Crippen molar-refractivity contribution in [3.63, 3.8) is 0 Å². The number of ether oxygens (including phenoxy) is 5. The van der Waals surface area contributed by atoms with Gasteiger partial charge in [-0.2, -0.15) is 0 Å². The molecule has 3 aliphatic heterocycles. The summed E-state index contributed by atoms with van der Waals surface area (Å²) in [6.45, 7) is 3.18. The number of aliphatic hydroxyl groups is 4. The number of rotatable bonds is 31. The predicted molar refractivity (Wildman–Crippen MR) is 256 cm³/mol. The summed E-state index contributed by atoms with van der Waals surface area (Å²) < 4.78 is 29.8. The minimum atomic E-state index is -1.71. The Balaban J connectivity index is 1.68. The molecule has 17 atom stereocenters. The zero-order valence-electron chi connectivity index (χ0n) is 43.2. The van der Waals surface area contributed by atoms with Crippen molar-refractivity contribution in [3.05, 3.63) is 0 Å². The van der Waals surface area contributed by atoms with Crippen LogP contribution in [0.2, 0.25) is 0 Å². The molecule has 0 radical (unpaired) electrons. The van der Waals surface area contributed by atoms with Crippen LogP contribution in [-0.2, 0) is 81.2 Å². The molecule has 19 N–H and O–H groups in total. The first kappa shape index (κ1) is 65.5. The molecule has 0 saturated carbocycles. The number of fused-ring (bicyclic) bond motifs is 2. The lowest BCUT2D eigenvalue weighted by Gasteiger charge is -2.47. The van der Waals surface area contributed by atoms with E-state index in [2.05, 4.69) is 47.9 Å². The molecule has 10 amide bonds. The zero-order chi connectivity index (χ0) is 58.7. The number of hydrogen-bond donors (Lipinski definition) is 17. The minimum absolute atomic E-state index is 0.0886. The quantitative estimate of drug-likeness (QED) is 0.0287. The van der Waals surface area contributed by atoms with Crippen molar-refractivity contribution in [2.45, 2.75) is 170 Å². The fraction of sp³-hybridized carbons (Fsp3) is 0.727. The highest BCUT2D eigenvalue weighted by Gasteiger charge is 2.56. The summed E-state index contributed by atoms with van der Waals surface area (Å²) in [5.41, 5.74) is 11.0. The van der Waals surface area contributed by atoms with Gasteiger partial charge in [-0.3, -0.25) is 57.5 Å². The van der Waals surface area contributed by atoms with Crippen LogP contribution in [0.15, 0.2) is 0 Å². The van der Waals surface area contributed by atoms with Gasteiger partial charge in [0, 0.05) is 26.8 Å². The van der Waals surface area contributed by atoms with E-state index in [-0.39, 0.29) is 26.0 Å². The van der Waals surface area contributed by atoms with Gasteiger partial charge in [-0.15, -0.1) is 0 Å². The van der Waals surface area contributed by atoms with Gasteiger partial charge in [-0.05, 0) is 40.0 Å². The van der Waals surface area contributed by atoms with Crippen molar-refractivity contribution < 1.29 is 112 Å². The third kappa shape index (κ3) is 19.9. The summed E-state index contributed by atoms with van der Waals surface area (Å²) >= 11 is 0. The number of primary amides is 1. The number of carboxylic acid groups (broad SMARTS) is 2. The van der Waals surface area contributed by atoms with Crippen LogP contribution < -0.4 is 59.3 Å². The molecule has 0 aromatic carbocycles. The molecule has 17 unspecified atom stereocenters. The third-order valence-electron chi connectivity index (χ3n) is 12.1. The molecule has 3 aliphatic rings. The first-order valence-electron chi connectivity index (χ1n) is 24.5. The van der Waals surface area contributed by atoms with E-state index in [9.17, 15) is 78.0 Å². The average Bonchev–Trinajstić information content (AvgIpc) is 3.84. The van der Waals surface area contributed by atoms with Crippen molar-refractivity contribution in [2.24, 2.45) is 11.5 Å². The molecule has 3 heterocycles. The first-order valence-corrected chi connectivity index (χ1v) is 24.5. The van der Waals surface area contributed by atoms with Crippen LogP contribution in [0.3, 0.4) is 0 Å². The molecule has 3 saturated heterocycles. The lowest BCUT2D eigenvalue weighted by atomic mass is 9.95. The second kappa shape index (κ2) is 31.0. The lowest BCUT2D eigenvalue weighted by molar-refractivity contribution is -0.313. The van der Waals surface area contributed by atoms with Gasteiger partial charge in [0.2, 0.25) is 59.1 Å². The zero-order valence-corrected chi connectivity index (χ0v) is 43.2. The van der Waals surface area contributed by atoms with E-state index in [1.165, 1.54) is 27.7 Å². The molecule has 0 aliphatic carbocycles. The molecule has 34 nitrogen and oxygen atoms in total. The van der Waals surface area contributed by atoms with Crippen molar-refractivity contribution in [3.8, 4) is 0 Å². The Hall–Kier alpha value is -6.76. The van der Waals surface area contributed by atoms with Crippen molar-refractivity contribution in [1.82, 2.24) is 47.9 Å². The van der Waals surface area contributed by atoms with Gasteiger partial charge >= 0.3 is 11.9 Å². The largest absolute Gasteiger partial charge is 0.481 e. The summed E-state index contributed by atoms with van der Waals surface area (Å²) in [7, 11) is 0. The lowest BCUT2D eigenvalue weighted by Crippen LogP contribution is -2.68. The Bertz CT molecular complexity index is 2180. The molecule has 440 valence electrons. The van der Waals surface area contributed by atoms with E-state index in [1.54, 1.807) is 0 Å². The number of amides is 10. The normalized spacial score (nSPS) is 26.1.